The smallest absolute Gasteiger partial charge is 0.290 e. The van der Waals surface area contributed by atoms with Crippen LogP contribution in [0.25, 0.3) is 11.0 Å². The SMILES string of the molecule is CSCc1c(C(=O)N2CCN(CC(=O)Nc3cccc(C)c3C)CC2)oc2ccccc12. The number of furan rings is 1. The molecule has 0 bridgehead atoms. The van der Waals surface area contributed by atoms with Crippen molar-refractivity contribution in [3.8, 4) is 0 Å². The number of fused-ring (bicyclic) bond motifs is 1. The van der Waals surface area contributed by atoms with Crippen molar-refractivity contribution < 1.29 is 14.0 Å². The molecule has 0 saturated carbocycles. The monoisotopic (exact) mass is 451 g/mol. The van der Waals surface area contributed by atoms with Gasteiger partial charge in [0.1, 0.15) is 5.58 Å². The van der Waals surface area contributed by atoms with Crippen LogP contribution in [0, 0.1) is 13.8 Å². The molecule has 168 valence electrons. The molecule has 2 heterocycles. The highest BCUT2D eigenvalue weighted by Gasteiger charge is 2.28. The first-order chi connectivity index (χ1) is 15.5. The summed E-state index contributed by atoms with van der Waals surface area (Å²) in [6.45, 7) is 6.83. The Labute approximate surface area is 192 Å². The van der Waals surface area contributed by atoms with Crippen molar-refractivity contribution >= 4 is 40.2 Å². The van der Waals surface area contributed by atoms with Crippen LogP contribution in [0.2, 0.25) is 0 Å². The summed E-state index contributed by atoms with van der Waals surface area (Å²) >= 11 is 1.68. The molecular formula is C25H29N3O3S. The summed E-state index contributed by atoms with van der Waals surface area (Å²) < 4.78 is 5.96. The van der Waals surface area contributed by atoms with Gasteiger partial charge in [-0.2, -0.15) is 11.8 Å². The third-order valence-corrected chi connectivity index (χ3v) is 6.66. The maximum Gasteiger partial charge on any atom is 0.290 e. The zero-order valence-corrected chi connectivity index (χ0v) is 19.6. The summed E-state index contributed by atoms with van der Waals surface area (Å²) in [5.74, 6) is 1.08. The molecule has 32 heavy (non-hydrogen) atoms. The summed E-state index contributed by atoms with van der Waals surface area (Å²) in [5.41, 5.74) is 4.81. The van der Waals surface area contributed by atoms with Crippen LogP contribution in [-0.4, -0.2) is 60.6 Å². The van der Waals surface area contributed by atoms with Crippen LogP contribution in [0.1, 0.15) is 27.2 Å². The van der Waals surface area contributed by atoms with Crippen LogP contribution >= 0.6 is 11.8 Å². The van der Waals surface area contributed by atoms with Gasteiger partial charge in [0.15, 0.2) is 5.76 Å². The summed E-state index contributed by atoms with van der Waals surface area (Å²) in [6, 6.07) is 13.7. The van der Waals surface area contributed by atoms with E-state index in [0.29, 0.717) is 38.5 Å². The van der Waals surface area contributed by atoms with E-state index < -0.39 is 0 Å². The molecule has 2 amide bonds. The number of carbonyl (C=O) groups excluding carboxylic acids is 2. The number of hydrogen-bond donors (Lipinski definition) is 1. The highest BCUT2D eigenvalue weighted by Crippen LogP contribution is 2.30. The molecule has 1 N–H and O–H groups in total. The minimum Gasteiger partial charge on any atom is -0.451 e. The number of rotatable bonds is 6. The van der Waals surface area contributed by atoms with E-state index in [1.165, 1.54) is 0 Å². The van der Waals surface area contributed by atoms with Gasteiger partial charge >= 0.3 is 0 Å². The molecule has 7 heteroatoms. The molecule has 2 aromatic carbocycles. The molecule has 0 radical (unpaired) electrons. The number of nitrogens with zero attached hydrogens (tertiary/aromatic N) is 2. The van der Waals surface area contributed by atoms with Crippen LogP contribution in [0.4, 0.5) is 5.69 Å². The van der Waals surface area contributed by atoms with Gasteiger partial charge < -0.3 is 14.6 Å². The van der Waals surface area contributed by atoms with E-state index in [1.54, 1.807) is 11.8 Å². The zero-order chi connectivity index (χ0) is 22.7. The third-order valence-electron chi connectivity index (χ3n) is 6.09. The van der Waals surface area contributed by atoms with Crippen LogP contribution in [0.3, 0.4) is 0 Å². The van der Waals surface area contributed by atoms with Gasteiger partial charge in [0.2, 0.25) is 5.91 Å². The van der Waals surface area contributed by atoms with Gasteiger partial charge in [-0.25, -0.2) is 0 Å². The number of benzene rings is 2. The lowest BCUT2D eigenvalue weighted by Crippen LogP contribution is -2.50. The minimum atomic E-state index is -0.0651. The number of hydrogen-bond acceptors (Lipinski definition) is 5. The predicted octanol–water partition coefficient (Wildman–Crippen LogP) is 4.31. The molecule has 0 spiro atoms. The number of nitrogens with one attached hydrogen (secondary N) is 1. The summed E-state index contributed by atoms with van der Waals surface area (Å²) in [6.07, 6.45) is 2.03. The quantitative estimate of drug-likeness (QED) is 0.605. The van der Waals surface area contributed by atoms with Crippen molar-refractivity contribution in [2.24, 2.45) is 0 Å². The average Bonchev–Trinajstić information content (AvgIpc) is 3.16. The Morgan fingerprint density at radius 2 is 1.78 bits per heavy atom. The lowest BCUT2D eigenvalue weighted by Gasteiger charge is -2.34. The lowest BCUT2D eigenvalue weighted by atomic mass is 10.1. The number of amides is 2. The van der Waals surface area contributed by atoms with Crippen molar-refractivity contribution in [2.45, 2.75) is 19.6 Å². The third kappa shape index (κ3) is 4.69. The van der Waals surface area contributed by atoms with E-state index in [2.05, 4.69) is 10.2 Å². The van der Waals surface area contributed by atoms with Crippen LogP contribution < -0.4 is 5.32 Å². The molecule has 1 aliphatic rings. The molecular weight excluding hydrogens is 422 g/mol. The van der Waals surface area contributed by atoms with Crippen LogP contribution in [0.15, 0.2) is 46.9 Å². The number of anilines is 1. The Hall–Kier alpha value is -2.77. The number of carbonyl (C=O) groups is 2. The number of para-hydroxylation sites is 1. The average molecular weight is 452 g/mol. The topological polar surface area (TPSA) is 65.8 Å². The second-order valence-electron chi connectivity index (χ2n) is 8.20. The van der Waals surface area contributed by atoms with Crippen molar-refractivity contribution in [1.29, 1.82) is 0 Å². The zero-order valence-electron chi connectivity index (χ0n) is 18.8. The molecule has 0 atom stereocenters. The first-order valence-corrected chi connectivity index (χ1v) is 12.2. The fourth-order valence-corrected chi connectivity index (χ4v) is 4.67. The second-order valence-corrected chi connectivity index (χ2v) is 9.07. The fraction of sp³-hybridized carbons (Fsp3) is 0.360. The Bertz CT molecular complexity index is 1130. The summed E-state index contributed by atoms with van der Waals surface area (Å²) in [7, 11) is 0. The van der Waals surface area contributed by atoms with Crippen molar-refractivity contribution in [1.82, 2.24) is 9.80 Å². The van der Waals surface area contributed by atoms with Crippen molar-refractivity contribution in [3.63, 3.8) is 0 Å². The van der Waals surface area contributed by atoms with Gasteiger partial charge in [-0.3, -0.25) is 14.5 Å². The molecule has 1 aromatic heterocycles. The van der Waals surface area contributed by atoms with Crippen molar-refractivity contribution in [2.75, 3.05) is 44.3 Å². The Balaban J connectivity index is 1.37. The summed E-state index contributed by atoms with van der Waals surface area (Å²) in [5, 5.41) is 4.02. The van der Waals surface area contributed by atoms with E-state index in [0.717, 1.165) is 39.1 Å². The van der Waals surface area contributed by atoms with Crippen molar-refractivity contribution in [3.05, 3.63) is 64.9 Å². The predicted molar refractivity (Wildman–Crippen MR) is 130 cm³/mol. The van der Waals surface area contributed by atoms with Crippen LogP contribution in [-0.2, 0) is 10.5 Å². The minimum absolute atomic E-state index is 0.0296. The van der Waals surface area contributed by atoms with Gasteiger partial charge in [-0.1, -0.05) is 30.3 Å². The fourth-order valence-electron chi connectivity index (χ4n) is 4.09. The van der Waals surface area contributed by atoms with Gasteiger partial charge in [-0.05, 0) is 43.4 Å². The number of thioether (sulfide) groups is 1. The van der Waals surface area contributed by atoms with Gasteiger partial charge in [0.25, 0.3) is 5.91 Å². The van der Waals surface area contributed by atoms with Gasteiger partial charge in [-0.15, -0.1) is 0 Å². The molecule has 1 fully saturated rings. The second kappa shape index (κ2) is 9.79. The lowest BCUT2D eigenvalue weighted by molar-refractivity contribution is -0.117. The van der Waals surface area contributed by atoms with E-state index in [-0.39, 0.29) is 11.8 Å². The standard InChI is InChI=1S/C25H29N3O3S/c1-17-7-6-9-21(18(17)2)26-23(29)15-27-11-13-28(14-12-27)25(30)24-20(16-32-3)19-8-4-5-10-22(19)31-24/h4-10H,11-16H2,1-3H3,(H,26,29). The highest BCUT2D eigenvalue weighted by molar-refractivity contribution is 7.97. The molecule has 0 aliphatic carbocycles. The first-order valence-electron chi connectivity index (χ1n) is 10.8. The molecule has 1 aliphatic heterocycles. The molecule has 6 nitrogen and oxygen atoms in total. The van der Waals surface area contributed by atoms with Crippen LogP contribution in [0.5, 0.6) is 0 Å². The maximum absolute atomic E-state index is 13.2. The Morgan fingerprint density at radius 3 is 2.53 bits per heavy atom. The van der Waals surface area contributed by atoms with E-state index in [9.17, 15) is 9.59 Å². The highest BCUT2D eigenvalue weighted by atomic mass is 32.2. The first kappa shape index (κ1) is 22.4. The Kier molecular flexibility index (Phi) is 6.86. The van der Waals surface area contributed by atoms with Gasteiger partial charge in [0, 0.05) is 48.6 Å². The Morgan fingerprint density at radius 1 is 1.03 bits per heavy atom. The van der Waals surface area contributed by atoms with E-state index >= 15 is 0 Å². The largest absolute Gasteiger partial charge is 0.451 e. The van der Waals surface area contributed by atoms with E-state index in [4.69, 9.17) is 4.42 Å². The molecule has 1 saturated heterocycles. The number of aryl methyl sites for hydroxylation is 1. The number of piperazine rings is 1. The normalized spacial score (nSPS) is 14.7. The molecule has 4 rings (SSSR count). The van der Waals surface area contributed by atoms with E-state index in [1.807, 2.05) is 67.5 Å². The summed E-state index contributed by atoms with van der Waals surface area (Å²) in [4.78, 5) is 29.7. The van der Waals surface area contributed by atoms with Gasteiger partial charge in [0.05, 0.1) is 6.54 Å². The molecule has 3 aromatic rings. The molecule has 0 unspecified atom stereocenters. The maximum atomic E-state index is 13.2.